The van der Waals surface area contributed by atoms with E-state index in [9.17, 15) is 0 Å². The summed E-state index contributed by atoms with van der Waals surface area (Å²) in [7, 11) is 1.67. The summed E-state index contributed by atoms with van der Waals surface area (Å²) < 4.78 is 0. The number of nitrogens with zero attached hydrogens (tertiary/aromatic N) is 2. The zero-order chi connectivity index (χ0) is 10.6. The zero-order valence-corrected chi connectivity index (χ0v) is 9.45. The first-order valence-corrected chi connectivity index (χ1v) is 5.42. The molecule has 3 atom stereocenters. The van der Waals surface area contributed by atoms with Gasteiger partial charge in [-0.1, -0.05) is 26.8 Å². The Morgan fingerprint density at radius 1 is 1.50 bits per heavy atom. The Bertz CT molecular complexity index is 223. The van der Waals surface area contributed by atoms with Crippen LogP contribution in [0.4, 0.5) is 0 Å². The average molecular weight is 195 g/mol. The lowest BCUT2D eigenvalue weighted by Gasteiger charge is -2.12. The Hall–Kier alpha value is -0.860. The minimum Gasteiger partial charge on any atom is -0.366 e. The summed E-state index contributed by atoms with van der Waals surface area (Å²) >= 11 is 0. The van der Waals surface area contributed by atoms with Gasteiger partial charge in [0.25, 0.3) is 0 Å². The van der Waals surface area contributed by atoms with Crippen LogP contribution in [-0.2, 0) is 0 Å². The fourth-order valence-electron chi connectivity index (χ4n) is 2.41. The molecular weight excluding hydrogens is 174 g/mol. The van der Waals surface area contributed by atoms with E-state index in [1.807, 2.05) is 0 Å². The van der Waals surface area contributed by atoms with E-state index in [-0.39, 0.29) is 0 Å². The van der Waals surface area contributed by atoms with E-state index in [1.54, 1.807) is 7.05 Å². The number of nitrogens with one attached hydrogen (secondary N) is 1. The van der Waals surface area contributed by atoms with Gasteiger partial charge in [-0.25, -0.2) is 0 Å². The van der Waals surface area contributed by atoms with Crippen molar-refractivity contribution >= 4 is 0 Å². The molecule has 1 saturated carbocycles. The van der Waals surface area contributed by atoms with Gasteiger partial charge in [-0.2, -0.15) is 5.11 Å². The largest absolute Gasteiger partial charge is 0.366 e. The van der Waals surface area contributed by atoms with Crippen molar-refractivity contribution in [3.05, 3.63) is 12.4 Å². The molecule has 1 fully saturated rings. The van der Waals surface area contributed by atoms with Crippen molar-refractivity contribution in [1.82, 2.24) is 5.32 Å². The van der Waals surface area contributed by atoms with E-state index in [0.717, 1.165) is 11.8 Å². The van der Waals surface area contributed by atoms with Crippen LogP contribution in [-0.4, -0.2) is 13.1 Å². The maximum atomic E-state index is 3.88. The van der Waals surface area contributed by atoms with Crippen LogP contribution in [0.5, 0.6) is 0 Å². The van der Waals surface area contributed by atoms with Crippen LogP contribution in [0.15, 0.2) is 22.6 Å². The van der Waals surface area contributed by atoms with Gasteiger partial charge in [-0.3, -0.25) is 0 Å². The predicted octanol–water partition coefficient (Wildman–Crippen LogP) is 2.95. The first-order chi connectivity index (χ1) is 6.67. The summed E-state index contributed by atoms with van der Waals surface area (Å²) in [5.74, 6) is 2.38. The second-order valence-corrected chi connectivity index (χ2v) is 4.20. The molecule has 1 aliphatic rings. The van der Waals surface area contributed by atoms with Crippen molar-refractivity contribution < 1.29 is 0 Å². The van der Waals surface area contributed by atoms with Crippen LogP contribution in [0, 0.1) is 11.8 Å². The lowest BCUT2D eigenvalue weighted by Crippen LogP contribution is -2.24. The van der Waals surface area contributed by atoms with Crippen molar-refractivity contribution in [3.8, 4) is 0 Å². The van der Waals surface area contributed by atoms with E-state index >= 15 is 0 Å². The Labute approximate surface area is 86.7 Å². The summed E-state index contributed by atoms with van der Waals surface area (Å²) in [6.45, 7) is 8.41. The quantitative estimate of drug-likeness (QED) is 0.688. The Balaban J connectivity index is 2.38. The molecule has 0 spiro atoms. The standard InChI is InChI=1S/C11H21N3/c1-5-10-7-11(6-8(10)2)13-9(3)14-12-4/h8,10-11,13H,3,5-7H2,1-2,4H3/t8-,10+,11-/m1/s1. The summed E-state index contributed by atoms with van der Waals surface area (Å²) in [5.41, 5.74) is 0. The average Bonchev–Trinajstić information content (AvgIpc) is 2.46. The van der Waals surface area contributed by atoms with E-state index in [2.05, 4.69) is 36.0 Å². The molecule has 0 unspecified atom stereocenters. The normalized spacial score (nSPS) is 32.4. The van der Waals surface area contributed by atoms with Crippen molar-refractivity contribution in [2.45, 2.75) is 39.2 Å². The molecule has 0 radical (unpaired) electrons. The highest BCUT2D eigenvalue weighted by Gasteiger charge is 2.29. The minimum atomic E-state index is 0.549. The third kappa shape index (κ3) is 2.82. The molecule has 0 aromatic heterocycles. The van der Waals surface area contributed by atoms with Crippen LogP contribution in [0.25, 0.3) is 0 Å². The molecule has 1 N–H and O–H groups in total. The lowest BCUT2D eigenvalue weighted by molar-refractivity contribution is 0.407. The molecule has 0 saturated heterocycles. The van der Waals surface area contributed by atoms with Crippen molar-refractivity contribution in [3.63, 3.8) is 0 Å². The Morgan fingerprint density at radius 3 is 2.71 bits per heavy atom. The molecule has 0 bridgehead atoms. The number of azo groups is 1. The monoisotopic (exact) mass is 195 g/mol. The summed E-state index contributed by atoms with van der Waals surface area (Å²) in [6.07, 6.45) is 3.76. The molecule has 1 aliphatic carbocycles. The van der Waals surface area contributed by atoms with Crippen molar-refractivity contribution in [1.29, 1.82) is 0 Å². The van der Waals surface area contributed by atoms with Crippen LogP contribution in [0.2, 0.25) is 0 Å². The molecule has 0 aromatic carbocycles. The van der Waals surface area contributed by atoms with Crippen molar-refractivity contribution in [2.75, 3.05) is 7.05 Å². The fourth-order valence-corrected chi connectivity index (χ4v) is 2.41. The van der Waals surface area contributed by atoms with E-state index in [4.69, 9.17) is 0 Å². The second kappa shape index (κ2) is 5.13. The molecule has 0 amide bonds. The molecule has 0 heterocycles. The van der Waals surface area contributed by atoms with Gasteiger partial charge in [0.2, 0.25) is 0 Å². The fraction of sp³-hybridized carbons (Fsp3) is 0.818. The maximum Gasteiger partial charge on any atom is 0.141 e. The van der Waals surface area contributed by atoms with E-state index in [0.29, 0.717) is 11.9 Å². The van der Waals surface area contributed by atoms with Crippen LogP contribution < -0.4 is 5.32 Å². The van der Waals surface area contributed by atoms with Gasteiger partial charge in [0.15, 0.2) is 0 Å². The van der Waals surface area contributed by atoms with E-state index < -0.39 is 0 Å². The molecule has 80 valence electrons. The second-order valence-electron chi connectivity index (χ2n) is 4.20. The molecule has 0 aliphatic heterocycles. The minimum absolute atomic E-state index is 0.549. The molecule has 3 heteroatoms. The van der Waals surface area contributed by atoms with Gasteiger partial charge >= 0.3 is 0 Å². The van der Waals surface area contributed by atoms with Crippen LogP contribution in [0.3, 0.4) is 0 Å². The highest BCUT2D eigenvalue weighted by atomic mass is 15.2. The molecule has 3 nitrogen and oxygen atoms in total. The van der Waals surface area contributed by atoms with E-state index in [1.165, 1.54) is 19.3 Å². The Morgan fingerprint density at radius 2 is 2.21 bits per heavy atom. The van der Waals surface area contributed by atoms with Crippen molar-refractivity contribution in [2.24, 2.45) is 22.1 Å². The number of hydrogen-bond donors (Lipinski definition) is 1. The topological polar surface area (TPSA) is 36.8 Å². The number of rotatable bonds is 4. The van der Waals surface area contributed by atoms with Gasteiger partial charge in [0.05, 0.1) is 0 Å². The summed E-state index contributed by atoms with van der Waals surface area (Å²) in [5, 5.41) is 10.9. The SMILES string of the molecule is C=C(N=NC)N[C@H]1C[C@H](CC)[C@H](C)C1. The summed E-state index contributed by atoms with van der Waals surface area (Å²) in [4.78, 5) is 0. The van der Waals surface area contributed by atoms with Gasteiger partial charge < -0.3 is 5.32 Å². The highest BCUT2D eigenvalue weighted by molar-refractivity contribution is 4.94. The Kier molecular flexibility index (Phi) is 4.11. The third-order valence-corrected chi connectivity index (χ3v) is 3.16. The first kappa shape index (κ1) is 11.2. The summed E-state index contributed by atoms with van der Waals surface area (Å²) in [6, 6.07) is 0.549. The molecule has 0 aromatic rings. The van der Waals surface area contributed by atoms with Crippen LogP contribution >= 0.6 is 0 Å². The lowest BCUT2D eigenvalue weighted by atomic mass is 9.96. The smallest absolute Gasteiger partial charge is 0.141 e. The predicted molar refractivity (Wildman–Crippen MR) is 59.0 cm³/mol. The first-order valence-electron chi connectivity index (χ1n) is 5.42. The number of hydrogen-bond acceptors (Lipinski definition) is 3. The van der Waals surface area contributed by atoms with Gasteiger partial charge in [0.1, 0.15) is 5.82 Å². The molecular formula is C11H21N3. The maximum absolute atomic E-state index is 3.88. The molecule has 14 heavy (non-hydrogen) atoms. The highest BCUT2D eigenvalue weighted by Crippen LogP contribution is 2.34. The van der Waals surface area contributed by atoms with Gasteiger partial charge in [-0.05, 0) is 24.7 Å². The molecule has 1 rings (SSSR count). The van der Waals surface area contributed by atoms with Gasteiger partial charge in [-0.15, -0.1) is 5.11 Å². The van der Waals surface area contributed by atoms with Crippen LogP contribution in [0.1, 0.15) is 33.1 Å². The third-order valence-electron chi connectivity index (χ3n) is 3.16. The zero-order valence-electron chi connectivity index (χ0n) is 9.45. The van der Waals surface area contributed by atoms with Gasteiger partial charge in [0, 0.05) is 13.1 Å².